The predicted octanol–water partition coefficient (Wildman–Crippen LogP) is 1.43. The molecule has 0 atom stereocenters. The Bertz CT molecular complexity index is 249. The van der Waals surface area contributed by atoms with Gasteiger partial charge in [0.05, 0.1) is 46.2 Å². The Balaban J connectivity index is 3.11. The highest BCUT2D eigenvalue weighted by Gasteiger charge is 2.02. The van der Waals surface area contributed by atoms with E-state index >= 15 is 0 Å². The maximum atomic E-state index is 11.4. The molecule has 138 valence electrons. The van der Waals surface area contributed by atoms with Crippen LogP contribution in [0.1, 0.15) is 25.7 Å². The van der Waals surface area contributed by atoms with Crippen LogP contribution in [-0.4, -0.2) is 79.7 Å². The van der Waals surface area contributed by atoms with Gasteiger partial charge in [-0.25, -0.2) is 0 Å². The first-order chi connectivity index (χ1) is 11.3. The summed E-state index contributed by atoms with van der Waals surface area (Å²) < 4.78 is 30.6. The lowest BCUT2D eigenvalue weighted by atomic mass is 10.2. The zero-order valence-electron chi connectivity index (χ0n) is 14.6. The van der Waals surface area contributed by atoms with Gasteiger partial charge in [-0.15, -0.1) is 0 Å². The lowest BCUT2D eigenvalue weighted by molar-refractivity contribution is -0.145. The van der Waals surface area contributed by atoms with Gasteiger partial charge in [0, 0.05) is 27.2 Å². The molecule has 23 heavy (non-hydrogen) atoms. The van der Waals surface area contributed by atoms with E-state index in [1.807, 2.05) is 0 Å². The van der Waals surface area contributed by atoms with Gasteiger partial charge in [0.1, 0.15) is 6.61 Å². The van der Waals surface area contributed by atoms with Gasteiger partial charge in [0.25, 0.3) is 0 Å². The summed E-state index contributed by atoms with van der Waals surface area (Å²) in [5.74, 6) is -0.173. The second-order valence-corrected chi connectivity index (χ2v) is 4.85. The third kappa shape index (κ3) is 19.2. The van der Waals surface area contributed by atoms with Crippen molar-refractivity contribution in [2.45, 2.75) is 25.7 Å². The van der Waals surface area contributed by atoms with Crippen molar-refractivity contribution < 1.29 is 33.2 Å². The highest BCUT2D eigenvalue weighted by atomic mass is 16.6. The van der Waals surface area contributed by atoms with Crippen molar-refractivity contribution in [1.82, 2.24) is 0 Å². The van der Waals surface area contributed by atoms with Crippen LogP contribution in [0.5, 0.6) is 0 Å². The van der Waals surface area contributed by atoms with Crippen LogP contribution >= 0.6 is 0 Å². The van der Waals surface area contributed by atoms with Crippen molar-refractivity contribution in [1.29, 1.82) is 0 Å². The quantitative estimate of drug-likeness (QED) is 0.277. The second kappa shape index (κ2) is 19.3. The molecule has 7 nitrogen and oxygen atoms in total. The summed E-state index contributed by atoms with van der Waals surface area (Å²) >= 11 is 0. The normalized spacial score (nSPS) is 10.9. The number of hydrogen-bond acceptors (Lipinski definition) is 7. The number of esters is 1. The molecule has 0 aliphatic rings. The smallest absolute Gasteiger partial charge is 0.305 e. The molecule has 0 fully saturated rings. The van der Waals surface area contributed by atoms with Crippen LogP contribution in [-0.2, 0) is 33.2 Å². The van der Waals surface area contributed by atoms with Crippen LogP contribution < -0.4 is 0 Å². The van der Waals surface area contributed by atoms with Crippen molar-refractivity contribution in [2.24, 2.45) is 0 Å². The Labute approximate surface area is 139 Å². The van der Waals surface area contributed by atoms with Crippen LogP contribution in [0, 0.1) is 0 Å². The molecule has 0 aliphatic heterocycles. The molecular formula is C16H32O7. The lowest BCUT2D eigenvalue weighted by Gasteiger charge is -2.06. The van der Waals surface area contributed by atoms with Crippen molar-refractivity contribution in [3.8, 4) is 0 Å². The fourth-order valence-corrected chi connectivity index (χ4v) is 1.65. The van der Waals surface area contributed by atoms with Crippen LogP contribution in [0.3, 0.4) is 0 Å². The average molecular weight is 336 g/mol. The van der Waals surface area contributed by atoms with E-state index in [-0.39, 0.29) is 5.97 Å². The van der Waals surface area contributed by atoms with E-state index in [0.717, 1.165) is 19.3 Å². The first-order valence-electron chi connectivity index (χ1n) is 8.18. The molecule has 0 saturated carbocycles. The maximum absolute atomic E-state index is 11.4. The van der Waals surface area contributed by atoms with Gasteiger partial charge in [0.15, 0.2) is 0 Å². The van der Waals surface area contributed by atoms with Crippen molar-refractivity contribution in [3.05, 3.63) is 0 Å². The van der Waals surface area contributed by atoms with Crippen LogP contribution in [0.4, 0.5) is 0 Å². The fraction of sp³-hybridized carbons (Fsp3) is 0.938. The van der Waals surface area contributed by atoms with Crippen LogP contribution in [0.2, 0.25) is 0 Å². The zero-order chi connectivity index (χ0) is 17.0. The molecule has 0 aromatic heterocycles. The SMILES string of the molecule is COCCOCCOCCCCCC(=O)OCCOCCOC. The summed E-state index contributed by atoms with van der Waals surface area (Å²) in [7, 11) is 3.26. The Morgan fingerprint density at radius 1 is 0.609 bits per heavy atom. The van der Waals surface area contributed by atoms with Crippen LogP contribution in [0.15, 0.2) is 0 Å². The van der Waals surface area contributed by atoms with E-state index in [4.69, 9.17) is 28.4 Å². The topological polar surface area (TPSA) is 72.5 Å². The van der Waals surface area contributed by atoms with E-state index in [9.17, 15) is 4.79 Å². The molecule has 0 bridgehead atoms. The third-order valence-electron chi connectivity index (χ3n) is 2.90. The lowest BCUT2D eigenvalue weighted by Crippen LogP contribution is -2.12. The number of ether oxygens (including phenoxy) is 6. The highest BCUT2D eigenvalue weighted by molar-refractivity contribution is 5.69. The number of rotatable bonds is 18. The molecule has 0 heterocycles. The maximum Gasteiger partial charge on any atom is 0.305 e. The van der Waals surface area contributed by atoms with E-state index in [1.54, 1.807) is 14.2 Å². The van der Waals surface area contributed by atoms with E-state index < -0.39 is 0 Å². The molecule has 0 rings (SSSR count). The largest absolute Gasteiger partial charge is 0.463 e. The summed E-state index contributed by atoms with van der Waals surface area (Å²) in [5, 5.41) is 0. The molecule has 0 amide bonds. The molecule has 0 radical (unpaired) electrons. The third-order valence-corrected chi connectivity index (χ3v) is 2.90. The van der Waals surface area contributed by atoms with Crippen LogP contribution in [0.25, 0.3) is 0 Å². The first-order valence-corrected chi connectivity index (χ1v) is 8.18. The number of carbonyl (C=O) groups excluding carboxylic acids is 1. The van der Waals surface area contributed by atoms with E-state index in [2.05, 4.69) is 0 Å². The summed E-state index contributed by atoms with van der Waals surface area (Å²) in [6.07, 6.45) is 3.14. The Hall–Kier alpha value is -0.730. The van der Waals surface area contributed by atoms with E-state index in [0.29, 0.717) is 65.9 Å². The highest BCUT2D eigenvalue weighted by Crippen LogP contribution is 2.02. The molecule has 0 saturated heterocycles. The number of methoxy groups -OCH3 is 2. The first kappa shape index (κ1) is 22.3. The zero-order valence-corrected chi connectivity index (χ0v) is 14.6. The minimum absolute atomic E-state index is 0.173. The van der Waals surface area contributed by atoms with Gasteiger partial charge in [-0.05, 0) is 12.8 Å². The standard InChI is InChI=1S/C16H32O7/c1-18-8-10-21-13-12-20-7-5-3-4-6-16(17)23-15-14-22-11-9-19-2/h3-15H2,1-2H3. The summed E-state index contributed by atoms with van der Waals surface area (Å²) in [6, 6.07) is 0. The van der Waals surface area contributed by atoms with Gasteiger partial charge in [-0.2, -0.15) is 0 Å². The molecule has 0 aromatic rings. The minimum Gasteiger partial charge on any atom is -0.463 e. The average Bonchev–Trinajstić information content (AvgIpc) is 2.56. The molecule has 0 aliphatic carbocycles. The van der Waals surface area contributed by atoms with Crippen molar-refractivity contribution in [2.75, 3.05) is 73.7 Å². The number of hydrogen-bond donors (Lipinski definition) is 0. The molecule has 7 heteroatoms. The Morgan fingerprint density at radius 3 is 1.74 bits per heavy atom. The molecule has 0 unspecified atom stereocenters. The Morgan fingerprint density at radius 2 is 1.13 bits per heavy atom. The summed E-state index contributed by atoms with van der Waals surface area (Å²) in [6.45, 7) is 4.85. The fourth-order valence-electron chi connectivity index (χ4n) is 1.65. The van der Waals surface area contributed by atoms with Gasteiger partial charge < -0.3 is 28.4 Å². The summed E-state index contributed by atoms with van der Waals surface area (Å²) in [5.41, 5.74) is 0. The van der Waals surface area contributed by atoms with Gasteiger partial charge in [-0.3, -0.25) is 4.79 Å². The van der Waals surface area contributed by atoms with E-state index in [1.165, 1.54) is 0 Å². The van der Waals surface area contributed by atoms with Crippen molar-refractivity contribution >= 4 is 5.97 Å². The molecular weight excluding hydrogens is 304 g/mol. The number of unbranched alkanes of at least 4 members (excludes halogenated alkanes) is 2. The minimum atomic E-state index is -0.173. The van der Waals surface area contributed by atoms with Crippen molar-refractivity contribution in [3.63, 3.8) is 0 Å². The predicted molar refractivity (Wildman–Crippen MR) is 85.6 cm³/mol. The van der Waals surface area contributed by atoms with Gasteiger partial charge in [-0.1, -0.05) is 6.42 Å². The summed E-state index contributed by atoms with van der Waals surface area (Å²) in [4.78, 5) is 11.4. The molecule has 0 aromatic carbocycles. The number of carbonyl (C=O) groups is 1. The second-order valence-electron chi connectivity index (χ2n) is 4.85. The molecule has 0 spiro atoms. The Kier molecular flexibility index (Phi) is 18.7. The molecule has 0 N–H and O–H groups in total. The van der Waals surface area contributed by atoms with Gasteiger partial charge >= 0.3 is 5.97 Å². The van der Waals surface area contributed by atoms with Gasteiger partial charge in [0.2, 0.25) is 0 Å². The monoisotopic (exact) mass is 336 g/mol.